The van der Waals surface area contributed by atoms with Gasteiger partial charge in [-0.1, -0.05) is 12.1 Å². The summed E-state index contributed by atoms with van der Waals surface area (Å²) in [6.45, 7) is 4.74. The Morgan fingerprint density at radius 2 is 1.91 bits per heavy atom. The lowest BCUT2D eigenvalue weighted by atomic mass is 10.1. The van der Waals surface area contributed by atoms with E-state index in [9.17, 15) is 9.59 Å². The molecule has 0 radical (unpaired) electrons. The zero-order chi connectivity index (χ0) is 16.1. The summed E-state index contributed by atoms with van der Waals surface area (Å²) in [5.41, 5.74) is 2.70. The fraction of sp³-hybridized carbons (Fsp3) is 0.471. The molecule has 1 saturated heterocycles. The smallest absolute Gasteiger partial charge is 0.338 e. The van der Waals surface area contributed by atoms with E-state index in [-0.39, 0.29) is 11.6 Å². The number of rotatable bonds is 3. The number of aromatic nitrogens is 3. The standard InChI is InChI=1S/C17H20N4O2/c1-11-3-4-12(2)15(9-11)20-10-18-17(23)21(20)14-7-8-19(16(14)22)13-5-6-13/h3-4,9-10,13-14H,5-8H2,1-2H3/t14-/m0/s1. The van der Waals surface area contributed by atoms with E-state index in [4.69, 9.17) is 0 Å². The van der Waals surface area contributed by atoms with Crippen LogP contribution in [0.4, 0.5) is 0 Å². The molecule has 0 bridgehead atoms. The highest BCUT2D eigenvalue weighted by atomic mass is 16.2. The monoisotopic (exact) mass is 312 g/mol. The van der Waals surface area contributed by atoms with Gasteiger partial charge in [0.05, 0.1) is 5.69 Å². The third-order valence-electron chi connectivity index (χ3n) is 4.81. The second-order valence-corrected chi connectivity index (χ2v) is 6.57. The van der Waals surface area contributed by atoms with Crippen LogP contribution in [0.5, 0.6) is 0 Å². The molecule has 1 atom stereocenters. The van der Waals surface area contributed by atoms with E-state index in [0.717, 1.165) is 36.2 Å². The van der Waals surface area contributed by atoms with E-state index in [1.54, 1.807) is 4.68 Å². The first-order chi connectivity index (χ1) is 11.1. The van der Waals surface area contributed by atoms with Crippen molar-refractivity contribution in [1.29, 1.82) is 0 Å². The molecule has 2 fully saturated rings. The first-order valence-electron chi connectivity index (χ1n) is 8.10. The van der Waals surface area contributed by atoms with Gasteiger partial charge in [0.25, 0.3) is 0 Å². The summed E-state index contributed by atoms with van der Waals surface area (Å²) in [6, 6.07) is 6.02. The van der Waals surface area contributed by atoms with Crippen LogP contribution in [0.1, 0.15) is 36.4 Å². The van der Waals surface area contributed by atoms with Crippen LogP contribution in [0.2, 0.25) is 0 Å². The summed E-state index contributed by atoms with van der Waals surface area (Å²) in [5, 5.41) is 0. The van der Waals surface area contributed by atoms with Gasteiger partial charge in [0.1, 0.15) is 12.4 Å². The van der Waals surface area contributed by atoms with Crippen LogP contribution < -0.4 is 5.69 Å². The van der Waals surface area contributed by atoms with Crippen LogP contribution in [0, 0.1) is 13.8 Å². The molecule has 2 heterocycles. The second-order valence-electron chi connectivity index (χ2n) is 6.57. The van der Waals surface area contributed by atoms with Crippen molar-refractivity contribution >= 4 is 5.91 Å². The van der Waals surface area contributed by atoms with Gasteiger partial charge in [0, 0.05) is 12.6 Å². The van der Waals surface area contributed by atoms with Crippen LogP contribution in [0.15, 0.2) is 29.3 Å². The third kappa shape index (κ3) is 2.29. The first kappa shape index (κ1) is 14.2. The summed E-state index contributed by atoms with van der Waals surface area (Å²) >= 11 is 0. The Bertz CT molecular complexity index is 831. The van der Waals surface area contributed by atoms with E-state index in [2.05, 4.69) is 4.98 Å². The highest BCUT2D eigenvalue weighted by Gasteiger charge is 2.42. The Balaban J connectivity index is 1.78. The van der Waals surface area contributed by atoms with Crippen molar-refractivity contribution in [3.63, 3.8) is 0 Å². The number of hydrogen-bond donors (Lipinski definition) is 0. The Labute approximate surface area is 134 Å². The van der Waals surface area contributed by atoms with Gasteiger partial charge in [-0.05, 0) is 50.3 Å². The minimum absolute atomic E-state index is 0.0571. The van der Waals surface area contributed by atoms with Gasteiger partial charge < -0.3 is 4.90 Å². The minimum Gasteiger partial charge on any atom is -0.338 e. The summed E-state index contributed by atoms with van der Waals surface area (Å²) in [5.74, 6) is 0.0571. The third-order valence-corrected chi connectivity index (χ3v) is 4.81. The van der Waals surface area contributed by atoms with Crippen LogP contribution in [-0.2, 0) is 4.79 Å². The number of aryl methyl sites for hydroxylation is 2. The average molecular weight is 312 g/mol. The number of benzene rings is 1. The molecular weight excluding hydrogens is 292 g/mol. The molecule has 2 aromatic rings. The van der Waals surface area contributed by atoms with Crippen LogP contribution in [0.25, 0.3) is 5.69 Å². The molecular formula is C17H20N4O2. The molecule has 23 heavy (non-hydrogen) atoms. The van der Waals surface area contributed by atoms with Crippen molar-refractivity contribution in [3.8, 4) is 5.69 Å². The lowest BCUT2D eigenvalue weighted by Crippen LogP contribution is -2.35. The second kappa shape index (κ2) is 5.08. The molecule has 6 nitrogen and oxygen atoms in total. The molecule has 120 valence electrons. The molecule has 1 amide bonds. The molecule has 0 spiro atoms. The first-order valence-corrected chi connectivity index (χ1v) is 8.10. The quantitative estimate of drug-likeness (QED) is 0.864. The Hall–Kier alpha value is -2.37. The summed E-state index contributed by atoms with van der Waals surface area (Å²) in [7, 11) is 0. The summed E-state index contributed by atoms with van der Waals surface area (Å²) in [4.78, 5) is 30.8. The largest absolute Gasteiger partial charge is 0.364 e. The average Bonchev–Trinajstić information content (AvgIpc) is 3.20. The zero-order valence-corrected chi connectivity index (χ0v) is 13.4. The predicted octanol–water partition coefficient (Wildman–Crippen LogP) is 1.59. The van der Waals surface area contributed by atoms with Gasteiger partial charge in [-0.25, -0.2) is 14.2 Å². The topological polar surface area (TPSA) is 60.1 Å². The molecule has 1 saturated carbocycles. The van der Waals surface area contributed by atoms with Crippen LogP contribution in [0.3, 0.4) is 0 Å². The minimum atomic E-state index is -0.439. The maximum Gasteiger partial charge on any atom is 0.364 e. The van der Waals surface area contributed by atoms with Gasteiger partial charge in [0.15, 0.2) is 0 Å². The number of carbonyl (C=O) groups is 1. The highest BCUT2D eigenvalue weighted by molar-refractivity contribution is 5.83. The van der Waals surface area contributed by atoms with E-state index in [1.807, 2.05) is 36.9 Å². The van der Waals surface area contributed by atoms with Gasteiger partial charge in [0.2, 0.25) is 5.91 Å². The number of amides is 1. The molecule has 6 heteroatoms. The maximum atomic E-state index is 12.7. The van der Waals surface area contributed by atoms with Crippen LogP contribution >= 0.6 is 0 Å². The van der Waals surface area contributed by atoms with E-state index < -0.39 is 6.04 Å². The number of carbonyl (C=O) groups excluding carboxylic acids is 1. The van der Waals surface area contributed by atoms with Crippen molar-refractivity contribution in [1.82, 2.24) is 19.2 Å². The van der Waals surface area contributed by atoms with Gasteiger partial charge in [-0.3, -0.25) is 4.79 Å². The normalized spacial score (nSPS) is 21.2. The Morgan fingerprint density at radius 3 is 2.65 bits per heavy atom. The molecule has 2 aliphatic rings. The summed E-state index contributed by atoms with van der Waals surface area (Å²) < 4.78 is 3.26. The molecule has 1 aliphatic heterocycles. The van der Waals surface area contributed by atoms with Crippen molar-refractivity contribution in [2.75, 3.05) is 6.54 Å². The van der Waals surface area contributed by atoms with Gasteiger partial charge >= 0.3 is 5.69 Å². The van der Waals surface area contributed by atoms with E-state index in [1.165, 1.54) is 11.0 Å². The number of likely N-dealkylation sites (tertiary alicyclic amines) is 1. The van der Waals surface area contributed by atoms with E-state index in [0.29, 0.717) is 12.5 Å². The van der Waals surface area contributed by atoms with Crippen LogP contribution in [-0.4, -0.2) is 37.7 Å². The number of hydrogen-bond acceptors (Lipinski definition) is 3. The molecule has 0 unspecified atom stereocenters. The molecule has 4 rings (SSSR count). The van der Waals surface area contributed by atoms with E-state index >= 15 is 0 Å². The number of nitrogens with zero attached hydrogens (tertiary/aromatic N) is 4. The maximum absolute atomic E-state index is 12.7. The Kier molecular flexibility index (Phi) is 3.14. The molecule has 1 aliphatic carbocycles. The summed E-state index contributed by atoms with van der Waals surface area (Å²) in [6.07, 6.45) is 4.37. The SMILES string of the molecule is Cc1ccc(C)c(-n2cnc(=O)n2[C@H]2CCN(C3CC3)C2=O)c1. The van der Waals surface area contributed by atoms with Crippen molar-refractivity contribution in [2.45, 2.75) is 45.2 Å². The molecule has 1 aromatic carbocycles. The zero-order valence-electron chi connectivity index (χ0n) is 13.4. The van der Waals surface area contributed by atoms with Crippen molar-refractivity contribution in [2.24, 2.45) is 0 Å². The molecule has 1 aromatic heterocycles. The van der Waals surface area contributed by atoms with Gasteiger partial charge in [-0.15, -0.1) is 0 Å². The fourth-order valence-corrected chi connectivity index (χ4v) is 3.40. The Morgan fingerprint density at radius 1 is 1.13 bits per heavy atom. The predicted molar refractivity (Wildman–Crippen MR) is 85.7 cm³/mol. The fourth-order valence-electron chi connectivity index (χ4n) is 3.40. The van der Waals surface area contributed by atoms with Crippen molar-refractivity contribution < 1.29 is 4.79 Å². The lowest BCUT2D eigenvalue weighted by molar-refractivity contribution is -0.131. The molecule has 0 N–H and O–H groups in total. The van der Waals surface area contributed by atoms with Gasteiger partial charge in [-0.2, -0.15) is 4.98 Å². The highest BCUT2D eigenvalue weighted by Crippen LogP contribution is 2.34. The van der Waals surface area contributed by atoms with Crippen molar-refractivity contribution in [3.05, 3.63) is 46.1 Å². The lowest BCUT2D eigenvalue weighted by Gasteiger charge is -2.19.